The molecule has 0 radical (unpaired) electrons. The summed E-state index contributed by atoms with van der Waals surface area (Å²) in [6.45, 7) is -0.394. The quantitative estimate of drug-likeness (QED) is 0.628. The van der Waals surface area contributed by atoms with Crippen molar-refractivity contribution in [1.29, 1.82) is 0 Å². The third kappa shape index (κ3) is 5.13. The first-order valence-electron chi connectivity index (χ1n) is 8.78. The Morgan fingerprint density at radius 3 is 2.56 bits per heavy atom. The van der Waals surface area contributed by atoms with Crippen molar-refractivity contribution in [2.24, 2.45) is 0 Å². The average Bonchev–Trinajstić information content (AvgIpc) is 3.36. The van der Waals surface area contributed by atoms with Crippen LogP contribution in [0, 0.1) is 0 Å². The van der Waals surface area contributed by atoms with E-state index in [4.69, 9.17) is 21.1 Å². The fourth-order valence-corrected chi connectivity index (χ4v) is 5.27. The van der Waals surface area contributed by atoms with Crippen molar-refractivity contribution in [3.05, 3.63) is 28.8 Å². The summed E-state index contributed by atoms with van der Waals surface area (Å²) < 4.78 is 33.8. The molecular formula is C18H22ClNO6S. The molecule has 1 aliphatic heterocycles. The maximum atomic E-state index is 12.6. The summed E-state index contributed by atoms with van der Waals surface area (Å²) in [6.07, 6.45) is 2.09. The van der Waals surface area contributed by atoms with Gasteiger partial charge in [0.15, 0.2) is 16.4 Å². The first-order chi connectivity index (χ1) is 12.8. The van der Waals surface area contributed by atoms with Crippen LogP contribution in [0.5, 0.6) is 5.75 Å². The zero-order chi connectivity index (χ0) is 19.6. The van der Waals surface area contributed by atoms with Gasteiger partial charge in [0.1, 0.15) is 5.75 Å². The highest BCUT2D eigenvalue weighted by atomic mass is 35.5. The van der Waals surface area contributed by atoms with Crippen LogP contribution in [0.15, 0.2) is 18.2 Å². The Bertz CT molecular complexity index is 836. The molecule has 27 heavy (non-hydrogen) atoms. The molecule has 1 atom stereocenters. The summed E-state index contributed by atoms with van der Waals surface area (Å²) >= 11 is 5.95. The number of hydrogen-bond acceptors (Lipinski definition) is 6. The molecule has 1 saturated heterocycles. The summed E-state index contributed by atoms with van der Waals surface area (Å²) in [7, 11) is -1.60. The number of carbonyl (C=O) groups excluding carboxylic acids is 2. The van der Waals surface area contributed by atoms with Gasteiger partial charge in [0.2, 0.25) is 0 Å². The van der Waals surface area contributed by atoms with Crippen LogP contribution in [0.3, 0.4) is 0 Å². The van der Waals surface area contributed by atoms with Gasteiger partial charge in [-0.2, -0.15) is 0 Å². The van der Waals surface area contributed by atoms with Crippen LogP contribution in [0.1, 0.15) is 24.8 Å². The van der Waals surface area contributed by atoms with Gasteiger partial charge in [-0.1, -0.05) is 11.6 Å². The van der Waals surface area contributed by atoms with E-state index in [9.17, 15) is 18.0 Å². The predicted octanol–water partition coefficient (Wildman–Crippen LogP) is 1.61. The van der Waals surface area contributed by atoms with E-state index in [0.717, 1.165) is 12.8 Å². The van der Waals surface area contributed by atoms with Crippen molar-refractivity contribution in [3.8, 4) is 5.75 Å². The van der Waals surface area contributed by atoms with Gasteiger partial charge >= 0.3 is 5.97 Å². The molecule has 0 unspecified atom stereocenters. The molecular weight excluding hydrogens is 394 g/mol. The number of ether oxygens (including phenoxy) is 2. The van der Waals surface area contributed by atoms with Crippen molar-refractivity contribution in [2.45, 2.75) is 37.8 Å². The van der Waals surface area contributed by atoms with Crippen LogP contribution < -0.4 is 4.74 Å². The standard InChI is InChI=1S/C18H22ClNO6S/c1-25-16-5-2-13(19)8-12(16)9-18(22)26-10-17(21)20(14-3-4-14)15-6-7-27(23,24)11-15/h2,5,8,14-15H,3-4,6-7,9-11H2,1H3/t15-/m1/s1. The van der Waals surface area contributed by atoms with Gasteiger partial charge in [-0.15, -0.1) is 0 Å². The van der Waals surface area contributed by atoms with E-state index in [0.29, 0.717) is 22.8 Å². The maximum absolute atomic E-state index is 12.6. The number of sulfone groups is 1. The van der Waals surface area contributed by atoms with Crippen molar-refractivity contribution in [3.63, 3.8) is 0 Å². The zero-order valence-corrected chi connectivity index (χ0v) is 16.6. The second-order valence-corrected chi connectivity index (χ2v) is 9.55. The van der Waals surface area contributed by atoms with Crippen LogP contribution in [0.25, 0.3) is 0 Å². The van der Waals surface area contributed by atoms with E-state index in [-0.39, 0.29) is 35.9 Å². The highest BCUT2D eigenvalue weighted by molar-refractivity contribution is 7.91. The normalized spacial score (nSPS) is 20.9. The van der Waals surface area contributed by atoms with Gasteiger partial charge in [0.05, 0.1) is 25.0 Å². The Balaban J connectivity index is 1.58. The Morgan fingerprint density at radius 1 is 1.22 bits per heavy atom. The molecule has 0 aromatic heterocycles. The van der Waals surface area contributed by atoms with Gasteiger partial charge in [-0.3, -0.25) is 9.59 Å². The van der Waals surface area contributed by atoms with Crippen LogP contribution in [0.2, 0.25) is 5.02 Å². The second-order valence-electron chi connectivity index (χ2n) is 6.88. The molecule has 2 fully saturated rings. The van der Waals surface area contributed by atoms with E-state index < -0.39 is 22.4 Å². The fraction of sp³-hybridized carbons (Fsp3) is 0.556. The Labute approximate surface area is 163 Å². The van der Waals surface area contributed by atoms with Crippen LogP contribution >= 0.6 is 11.6 Å². The lowest BCUT2D eigenvalue weighted by Gasteiger charge is -2.28. The molecule has 2 aliphatic rings. The van der Waals surface area contributed by atoms with E-state index in [2.05, 4.69) is 0 Å². The molecule has 7 nitrogen and oxygen atoms in total. The SMILES string of the molecule is COc1ccc(Cl)cc1CC(=O)OCC(=O)N(C1CC1)[C@@H]1CCS(=O)(=O)C1. The monoisotopic (exact) mass is 415 g/mol. The number of benzene rings is 1. The Kier molecular flexibility index (Phi) is 5.95. The zero-order valence-electron chi connectivity index (χ0n) is 15.0. The summed E-state index contributed by atoms with van der Waals surface area (Å²) in [5.41, 5.74) is 0.573. The molecule has 0 N–H and O–H groups in total. The smallest absolute Gasteiger partial charge is 0.310 e. The average molecular weight is 416 g/mol. The number of carbonyl (C=O) groups is 2. The minimum atomic E-state index is -3.09. The number of esters is 1. The number of methoxy groups -OCH3 is 1. The Morgan fingerprint density at radius 2 is 1.96 bits per heavy atom. The van der Waals surface area contributed by atoms with E-state index in [1.165, 1.54) is 7.11 Å². The van der Waals surface area contributed by atoms with Crippen molar-refractivity contribution in [1.82, 2.24) is 4.90 Å². The molecule has 1 aromatic carbocycles. The maximum Gasteiger partial charge on any atom is 0.310 e. The minimum Gasteiger partial charge on any atom is -0.496 e. The molecule has 0 bridgehead atoms. The van der Waals surface area contributed by atoms with E-state index in [1.807, 2.05) is 0 Å². The number of rotatable bonds is 7. The number of halogens is 1. The van der Waals surface area contributed by atoms with Gasteiger partial charge in [-0.05, 0) is 37.5 Å². The number of amides is 1. The lowest BCUT2D eigenvalue weighted by Crippen LogP contribution is -2.44. The van der Waals surface area contributed by atoms with Crippen LogP contribution in [-0.2, 0) is 30.6 Å². The van der Waals surface area contributed by atoms with Crippen molar-refractivity contribution in [2.75, 3.05) is 25.2 Å². The second kappa shape index (κ2) is 8.06. The molecule has 148 valence electrons. The molecule has 3 rings (SSSR count). The summed E-state index contributed by atoms with van der Waals surface area (Å²) in [5.74, 6) is -0.311. The molecule has 9 heteroatoms. The first kappa shape index (κ1) is 19.9. The van der Waals surface area contributed by atoms with Crippen LogP contribution in [-0.4, -0.2) is 62.5 Å². The van der Waals surface area contributed by atoms with E-state index in [1.54, 1.807) is 23.1 Å². The molecule has 1 saturated carbocycles. The van der Waals surface area contributed by atoms with E-state index >= 15 is 0 Å². The Hall–Kier alpha value is -1.80. The third-order valence-corrected chi connectivity index (χ3v) is 6.75. The third-order valence-electron chi connectivity index (χ3n) is 4.76. The lowest BCUT2D eigenvalue weighted by atomic mass is 10.1. The number of hydrogen-bond donors (Lipinski definition) is 0. The summed E-state index contributed by atoms with van der Waals surface area (Å²) in [4.78, 5) is 26.3. The van der Waals surface area contributed by atoms with Gasteiger partial charge in [0, 0.05) is 22.7 Å². The highest BCUT2D eigenvalue weighted by Crippen LogP contribution is 2.32. The molecule has 1 amide bonds. The lowest BCUT2D eigenvalue weighted by molar-refractivity contribution is -0.152. The molecule has 1 aromatic rings. The molecule has 1 heterocycles. The van der Waals surface area contributed by atoms with Gasteiger partial charge < -0.3 is 14.4 Å². The summed E-state index contributed by atoms with van der Waals surface area (Å²) in [5, 5.41) is 0.469. The largest absolute Gasteiger partial charge is 0.496 e. The van der Waals surface area contributed by atoms with Gasteiger partial charge in [0.25, 0.3) is 5.91 Å². The topological polar surface area (TPSA) is 90.0 Å². The van der Waals surface area contributed by atoms with Crippen molar-refractivity contribution >= 4 is 33.3 Å². The van der Waals surface area contributed by atoms with Gasteiger partial charge in [-0.25, -0.2) is 8.42 Å². The molecule has 0 spiro atoms. The van der Waals surface area contributed by atoms with Crippen LogP contribution in [0.4, 0.5) is 0 Å². The fourth-order valence-electron chi connectivity index (χ4n) is 3.36. The minimum absolute atomic E-state index is 0.0110. The number of nitrogens with zero attached hydrogens (tertiary/aromatic N) is 1. The summed E-state index contributed by atoms with van der Waals surface area (Å²) in [6, 6.07) is 4.67. The van der Waals surface area contributed by atoms with Crippen molar-refractivity contribution < 1.29 is 27.5 Å². The highest BCUT2D eigenvalue weighted by Gasteiger charge is 2.42. The first-order valence-corrected chi connectivity index (χ1v) is 11.0. The predicted molar refractivity (Wildman–Crippen MR) is 99.6 cm³/mol. The molecule has 1 aliphatic carbocycles.